The molecule has 8 heteroatoms. The van der Waals surface area contributed by atoms with Gasteiger partial charge in [-0.25, -0.2) is 8.42 Å². The zero-order valence-electron chi connectivity index (χ0n) is 12.4. The van der Waals surface area contributed by atoms with Crippen molar-refractivity contribution in [3.63, 3.8) is 0 Å². The van der Waals surface area contributed by atoms with Gasteiger partial charge in [0.15, 0.2) is 4.90 Å². The van der Waals surface area contributed by atoms with Crippen molar-refractivity contribution in [1.82, 2.24) is 4.31 Å². The van der Waals surface area contributed by atoms with Gasteiger partial charge in [-0.05, 0) is 12.1 Å². The molecule has 0 amide bonds. The Labute approximate surface area is 124 Å². The average molecular weight is 317 g/mol. The van der Waals surface area contributed by atoms with Crippen LogP contribution in [-0.4, -0.2) is 51.6 Å². The van der Waals surface area contributed by atoms with Crippen LogP contribution in [0.2, 0.25) is 0 Å². The van der Waals surface area contributed by atoms with Crippen LogP contribution in [0.25, 0.3) is 0 Å². The fraction of sp³-hybridized carbons (Fsp3) is 0.462. The summed E-state index contributed by atoms with van der Waals surface area (Å²) in [5.41, 5.74) is 0. The summed E-state index contributed by atoms with van der Waals surface area (Å²) >= 11 is 0. The summed E-state index contributed by atoms with van der Waals surface area (Å²) in [5, 5.41) is 8.90. The van der Waals surface area contributed by atoms with Crippen LogP contribution in [0.5, 0.6) is 11.5 Å². The second-order valence-electron chi connectivity index (χ2n) is 4.52. The van der Waals surface area contributed by atoms with Gasteiger partial charge in [-0.1, -0.05) is 13.0 Å². The standard InChI is InChI=1S/C13H19NO6S/c1-9(13(15)16)8-14(2)21(17,18)12-10(19-3)6-5-7-11(12)20-4/h5-7,9H,8H2,1-4H3,(H,15,16). The van der Waals surface area contributed by atoms with Crippen LogP contribution in [-0.2, 0) is 14.8 Å². The molecule has 0 heterocycles. The molecule has 0 saturated carbocycles. The Kier molecular flexibility index (Phi) is 5.56. The fourth-order valence-corrected chi connectivity index (χ4v) is 3.33. The molecule has 0 aliphatic carbocycles. The molecule has 0 aromatic heterocycles. The molecule has 1 aromatic rings. The van der Waals surface area contributed by atoms with Gasteiger partial charge in [-0.2, -0.15) is 4.31 Å². The minimum Gasteiger partial charge on any atom is -0.495 e. The predicted octanol–water partition coefficient (Wildman–Crippen LogP) is 1.04. The minimum atomic E-state index is -3.93. The van der Waals surface area contributed by atoms with Gasteiger partial charge in [-0.15, -0.1) is 0 Å². The molecule has 1 rings (SSSR count). The van der Waals surface area contributed by atoms with Crippen LogP contribution < -0.4 is 9.47 Å². The zero-order valence-corrected chi connectivity index (χ0v) is 13.2. The van der Waals surface area contributed by atoms with Gasteiger partial charge in [0.05, 0.1) is 20.1 Å². The van der Waals surface area contributed by atoms with Crippen molar-refractivity contribution in [3.05, 3.63) is 18.2 Å². The average Bonchev–Trinajstić information content (AvgIpc) is 2.45. The topological polar surface area (TPSA) is 93.1 Å². The SMILES string of the molecule is COc1cccc(OC)c1S(=O)(=O)N(C)CC(C)C(=O)O. The number of carbonyl (C=O) groups is 1. The van der Waals surface area contributed by atoms with Crippen molar-refractivity contribution in [2.24, 2.45) is 5.92 Å². The molecule has 0 radical (unpaired) electrons. The van der Waals surface area contributed by atoms with Crippen LogP contribution in [0.1, 0.15) is 6.92 Å². The molecule has 21 heavy (non-hydrogen) atoms. The largest absolute Gasteiger partial charge is 0.495 e. The number of nitrogens with zero attached hydrogens (tertiary/aromatic N) is 1. The third-order valence-corrected chi connectivity index (χ3v) is 4.89. The number of methoxy groups -OCH3 is 2. The maximum absolute atomic E-state index is 12.6. The molecule has 1 unspecified atom stereocenters. The van der Waals surface area contributed by atoms with Crippen molar-refractivity contribution in [2.45, 2.75) is 11.8 Å². The zero-order chi connectivity index (χ0) is 16.2. The number of benzene rings is 1. The van der Waals surface area contributed by atoms with Gasteiger partial charge < -0.3 is 14.6 Å². The first-order valence-corrected chi connectivity index (χ1v) is 7.59. The van der Waals surface area contributed by atoms with E-state index in [1.807, 2.05) is 0 Å². The number of sulfonamides is 1. The summed E-state index contributed by atoms with van der Waals surface area (Å²) in [6.07, 6.45) is 0. The summed E-state index contributed by atoms with van der Waals surface area (Å²) in [5.74, 6) is -1.61. The Hall–Kier alpha value is -1.80. The second-order valence-corrected chi connectivity index (χ2v) is 6.50. The van der Waals surface area contributed by atoms with E-state index in [1.165, 1.54) is 40.3 Å². The fourth-order valence-electron chi connectivity index (χ4n) is 1.79. The Bertz CT molecular complexity index is 591. The normalized spacial score (nSPS) is 13.0. The van der Waals surface area contributed by atoms with Crippen LogP contribution in [0.4, 0.5) is 0 Å². The number of carboxylic acids is 1. The molecule has 1 N–H and O–H groups in total. The maximum Gasteiger partial charge on any atom is 0.307 e. The van der Waals surface area contributed by atoms with E-state index in [-0.39, 0.29) is 22.9 Å². The van der Waals surface area contributed by atoms with E-state index in [1.54, 1.807) is 6.07 Å². The van der Waals surface area contributed by atoms with E-state index >= 15 is 0 Å². The lowest BCUT2D eigenvalue weighted by Gasteiger charge is -2.21. The Morgan fingerprint density at radius 3 is 2.14 bits per heavy atom. The summed E-state index contributed by atoms with van der Waals surface area (Å²) in [6.45, 7) is 1.28. The van der Waals surface area contributed by atoms with Gasteiger partial charge >= 0.3 is 5.97 Å². The molecule has 0 bridgehead atoms. The highest BCUT2D eigenvalue weighted by Gasteiger charge is 2.30. The molecule has 0 aliphatic heterocycles. The van der Waals surface area contributed by atoms with Crippen molar-refractivity contribution < 1.29 is 27.8 Å². The molecular weight excluding hydrogens is 298 g/mol. The third-order valence-electron chi connectivity index (χ3n) is 3.00. The number of hydrogen-bond donors (Lipinski definition) is 1. The van der Waals surface area contributed by atoms with Gasteiger partial charge in [0.2, 0.25) is 10.0 Å². The Morgan fingerprint density at radius 1 is 1.29 bits per heavy atom. The quantitative estimate of drug-likeness (QED) is 0.808. The smallest absolute Gasteiger partial charge is 0.307 e. The number of carboxylic acid groups (broad SMARTS) is 1. The first-order chi connectivity index (χ1) is 9.75. The van der Waals surface area contributed by atoms with Crippen LogP contribution in [0, 0.1) is 5.92 Å². The molecule has 1 atom stereocenters. The Balaban J connectivity index is 3.27. The molecule has 0 fully saturated rings. The molecule has 0 aliphatic rings. The number of rotatable bonds is 7. The van der Waals surface area contributed by atoms with E-state index in [9.17, 15) is 13.2 Å². The first kappa shape index (κ1) is 17.3. The lowest BCUT2D eigenvalue weighted by molar-refractivity contribution is -0.141. The van der Waals surface area contributed by atoms with Crippen LogP contribution in [0.15, 0.2) is 23.1 Å². The highest BCUT2D eigenvalue weighted by molar-refractivity contribution is 7.89. The lowest BCUT2D eigenvalue weighted by Crippen LogP contribution is -2.34. The lowest BCUT2D eigenvalue weighted by atomic mass is 10.2. The van der Waals surface area contributed by atoms with E-state index < -0.39 is 21.9 Å². The van der Waals surface area contributed by atoms with E-state index in [0.29, 0.717) is 0 Å². The van der Waals surface area contributed by atoms with E-state index in [4.69, 9.17) is 14.6 Å². The summed E-state index contributed by atoms with van der Waals surface area (Å²) in [7, 11) is 0.0967. The van der Waals surface area contributed by atoms with Gasteiger partial charge in [0.1, 0.15) is 11.5 Å². The third kappa shape index (κ3) is 3.64. The number of aliphatic carboxylic acids is 1. The van der Waals surface area contributed by atoms with E-state index in [2.05, 4.69) is 0 Å². The van der Waals surface area contributed by atoms with Crippen molar-refractivity contribution in [1.29, 1.82) is 0 Å². The molecule has 1 aromatic carbocycles. The minimum absolute atomic E-state index is 0.116. The predicted molar refractivity (Wildman–Crippen MR) is 76.2 cm³/mol. The monoisotopic (exact) mass is 317 g/mol. The molecule has 0 saturated heterocycles. The summed E-state index contributed by atoms with van der Waals surface area (Å²) in [4.78, 5) is 10.8. The maximum atomic E-state index is 12.6. The van der Waals surface area contributed by atoms with Crippen molar-refractivity contribution in [2.75, 3.05) is 27.8 Å². The van der Waals surface area contributed by atoms with Gasteiger partial charge in [-0.3, -0.25) is 4.79 Å². The van der Waals surface area contributed by atoms with Crippen molar-refractivity contribution >= 4 is 16.0 Å². The van der Waals surface area contributed by atoms with Gasteiger partial charge in [0, 0.05) is 13.6 Å². The molecular formula is C13H19NO6S. The number of ether oxygens (including phenoxy) is 2. The van der Waals surface area contributed by atoms with Crippen LogP contribution >= 0.6 is 0 Å². The molecule has 0 spiro atoms. The van der Waals surface area contributed by atoms with Gasteiger partial charge in [0.25, 0.3) is 0 Å². The number of hydrogen-bond acceptors (Lipinski definition) is 5. The summed E-state index contributed by atoms with van der Waals surface area (Å²) in [6, 6.07) is 4.62. The first-order valence-electron chi connectivity index (χ1n) is 6.15. The highest BCUT2D eigenvalue weighted by Crippen LogP contribution is 2.34. The van der Waals surface area contributed by atoms with Crippen LogP contribution in [0.3, 0.4) is 0 Å². The molecule has 118 valence electrons. The highest BCUT2D eigenvalue weighted by atomic mass is 32.2. The summed E-state index contributed by atoms with van der Waals surface area (Å²) < 4.78 is 36.4. The van der Waals surface area contributed by atoms with E-state index in [0.717, 1.165) is 4.31 Å². The van der Waals surface area contributed by atoms with Crippen molar-refractivity contribution in [3.8, 4) is 11.5 Å². The second kappa shape index (κ2) is 6.77. The molecule has 7 nitrogen and oxygen atoms in total. The Morgan fingerprint density at radius 2 is 1.76 bits per heavy atom.